The smallest absolute Gasteiger partial charge is 0.375 e. The van der Waals surface area contributed by atoms with E-state index >= 15 is 0 Å². The molecule has 128 valence electrons. The first-order valence-corrected chi connectivity index (χ1v) is 7.88. The lowest BCUT2D eigenvalue weighted by Crippen LogP contribution is -2.24. The highest BCUT2D eigenvalue weighted by Crippen LogP contribution is 2.26. The normalized spacial score (nSPS) is 12.0. The predicted molar refractivity (Wildman–Crippen MR) is 93.2 cm³/mol. The molecule has 3 rings (SSSR count). The summed E-state index contributed by atoms with van der Waals surface area (Å²) >= 11 is 0. The maximum Gasteiger partial charge on any atom is 0.375 e. The van der Waals surface area contributed by atoms with Gasteiger partial charge < -0.3 is 13.9 Å². The number of ether oxygens (including phenoxy) is 2. The minimum Gasteiger partial charge on any atom is -0.497 e. The Hall–Kier alpha value is -3.08. The van der Waals surface area contributed by atoms with Crippen LogP contribution in [-0.4, -0.2) is 25.0 Å². The first-order chi connectivity index (χ1) is 12.0. The van der Waals surface area contributed by atoms with Crippen LogP contribution in [0.3, 0.4) is 0 Å². The van der Waals surface area contributed by atoms with Crippen LogP contribution in [0, 0.1) is 6.92 Å². The molecule has 0 aliphatic heterocycles. The number of Topliss-reactive ketones (excluding diaryl/α,β-unsaturated/α-hetero) is 1. The van der Waals surface area contributed by atoms with Crippen molar-refractivity contribution in [2.75, 3.05) is 7.11 Å². The first kappa shape index (κ1) is 16.8. The third-order valence-corrected chi connectivity index (χ3v) is 4.06. The van der Waals surface area contributed by atoms with Crippen molar-refractivity contribution in [2.45, 2.75) is 20.0 Å². The van der Waals surface area contributed by atoms with E-state index < -0.39 is 12.1 Å². The molecule has 3 aromatic rings. The first-order valence-electron chi connectivity index (χ1n) is 7.88. The number of esters is 1. The fourth-order valence-corrected chi connectivity index (χ4v) is 2.63. The molecule has 0 saturated heterocycles. The molecule has 1 atom stereocenters. The molecule has 0 amide bonds. The molecule has 0 aliphatic rings. The zero-order valence-corrected chi connectivity index (χ0v) is 14.2. The summed E-state index contributed by atoms with van der Waals surface area (Å²) in [5.74, 6) is -0.164. The zero-order chi connectivity index (χ0) is 18.0. The van der Waals surface area contributed by atoms with Crippen molar-refractivity contribution in [3.05, 3.63) is 65.4 Å². The number of methoxy groups -OCH3 is 1. The molecule has 0 aliphatic carbocycles. The Morgan fingerprint density at radius 1 is 1.04 bits per heavy atom. The largest absolute Gasteiger partial charge is 0.497 e. The monoisotopic (exact) mass is 338 g/mol. The van der Waals surface area contributed by atoms with Crippen LogP contribution >= 0.6 is 0 Å². The highest BCUT2D eigenvalue weighted by Gasteiger charge is 2.24. The van der Waals surface area contributed by atoms with E-state index in [1.54, 1.807) is 51.3 Å². The van der Waals surface area contributed by atoms with Gasteiger partial charge in [-0.05, 0) is 44.2 Å². The Morgan fingerprint density at radius 2 is 1.72 bits per heavy atom. The van der Waals surface area contributed by atoms with Crippen LogP contribution in [0.1, 0.15) is 33.4 Å². The molecular formula is C20H18O5. The van der Waals surface area contributed by atoms with Crippen molar-refractivity contribution in [1.29, 1.82) is 0 Å². The Morgan fingerprint density at radius 3 is 2.36 bits per heavy atom. The van der Waals surface area contributed by atoms with Gasteiger partial charge in [0.25, 0.3) is 0 Å². The van der Waals surface area contributed by atoms with E-state index in [-0.39, 0.29) is 11.5 Å². The van der Waals surface area contributed by atoms with Crippen molar-refractivity contribution >= 4 is 22.7 Å². The molecule has 0 saturated carbocycles. The van der Waals surface area contributed by atoms with Crippen LogP contribution in [0.4, 0.5) is 0 Å². The number of rotatable bonds is 5. The Balaban J connectivity index is 1.76. The summed E-state index contributed by atoms with van der Waals surface area (Å²) in [6.07, 6.45) is -0.923. The van der Waals surface area contributed by atoms with E-state index in [9.17, 15) is 9.59 Å². The van der Waals surface area contributed by atoms with Gasteiger partial charge in [-0.1, -0.05) is 18.2 Å². The molecule has 0 radical (unpaired) electrons. The van der Waals surface area contributed by atoms with Crippen LogP contribution in [0.25, 0.3) is 11.0 Å². The van der Waals surface area contributed by atoms with Crippen molar-refractivity contribution in [2.24, 2.45) is 0 Å². The quantitative estimate of drug-likeness (QED) is 0.516. The summed E-state index contributed by atoms with van der Waals surface area (Å²) in [7, 11) is 1.55. The predicted octanol–water partition coefficient (Wildman–Crippen LogP) is 4.18. The van der Waals surface area contributed by atoms with Gasteiger partial charge in [-0.3, -0.25) is 4.79 Å². The fraction of sp³-hybridized carbons (Fsp3) is 0.200. The average molecular weight is 338 g/mol. The summed E-state index contributed by atoms with van der Waals surface area (Å²) in [6.45, 7) is 3.33. The van der Waals surface area contributed by atoms with E-state index in [0.29, 0.717) is 22.5 Å². The second-order valence-corrected chi connectivity index (χ2v) is 5.69. The summed E-state index contributed by atoms with van der Waals surface area (Å²) < 4.78 is 15.9. The number of fused-ring (bicyclic) bond motifs is 1. The van der Waals surface area contributed by atoms with Gasteiger partial charge in [0.2, 0.25) is 11.5 Å². The van der Waals surface area contributed by atoms with Gasteiger partial charge in [0, 0.05) is 16.5 Å². The Kier molecular flexibility index (Phi) is 4.57. The molecular weight excluding hydrogens is 320 g/mol. The van der Waals surface area contributed by atoms with Crippen molar-refractivity contribution in [3.63, 3.8) is 0 Å². The molecule has 1 aromatic heterocycles. The summed E-state index contributed by atoms with van der Waals surface area (Å²) in [6, 6.07) is 14.0. The van der Waals surface area contributed by atoms with Crippen molar-refractivity contribution < 1.29 is 23.5 Å². The number of hydrogen-bond acceptors (Lipinski definition) is 5. The number of furan rings is 1. The van der Waals surface area contributed by atoms with Gasteiger partial charge in [0.1, 0.15) is 11.3 Å². The SMILES string of the molecule is COc1ccc(C(=O)[C@H](C)OC(=O)c2oc3ccccc3c2C)cc1. The standard InChI is InChI=1S/C20H18O5/c1-12-16-6-4-5-7-17(16)25-19(12)20(22)24-13(2)18(21)14-8-10-15(23-3)11-9-14/h4-11,13H,1-3H3/t13-/m0/s1. The molecule has 0 spiro atoms. The fourth-order valence-electron chi connectivity index (χ4n) is 2.63. The van der Waals surface area contributed by atoms with Crippen LogP contribution in [0.5, 0.6) is 5.75 Å². The number of carbonyl (C=O) groups is 2. The van der Waals surface area contributed by atoms with Crippen LogP contribution in [-0.2, 0) is 4.74 Å². The van der Waals surface area contributed by atoms with Gasteiger partial charge in [-0.15, -0.1) is 0 Å². The number of para-hydroxylation sites is 1. The lowest BCUT2D eigenvalue weighted by Gasteiger charge is -2.12. The second kappa shape index (κ2) is 6.81. The molecule has 25 heavy (non-hydrogen) atoms. The molecule has 0 fully saturated rings. The molecule has 1 heterocycles. The molecule has 0 bridgehead atoms. The second-order valence-electron chi connectivity index (χ2n) is 5.69. The van der Waals surface area contributed by atoms with Crippen molar-refractivity contribution in [3.8, 4) is 5.75 Å². The van der Waals surface area contributed by atoms with E-state index in [4.69, 9.17) is 13.9 Å². The number of aryl methyl sites for hydroxylation is 1. The van der Waals surface area contributed by atoms with E-state index in [0.717, 1.165) is 5.39 Å². The number of benzene rings is 2. The van der Waals surface area contributed by atoms with E-state index in [1.165, 1.54) is 0 Å². The molecule has 5 nitrogen and oxygen atoms in total. The third-order valence-electron chi connectivity index (χ3n) is 4.06. The van der Waals surface area contributed by atoms with Gasteiger partial charge >= 0.3 is 5.97 Å². The third kappa shape index (κ3) is 3.26. The zero-order valence-electron chi connectivity index (χ0n) is 14.2. The van der Waals surface area contributed by atoms with Gasteiger partial charge in [-0.25, -0.2) is 4.79 Å². The lowest BCUT2D eigenvalue weighted by atomic mass is 10.1. The maximum atomic E-state index is 12.4. The van der Waals surface area contributed by atoms with E-state index in [1.807, 2.05) is 18.2 Å². The maximum absolute atomic E-state index is 12.4. The summed E-state index contributed by atoms with van der Waals surface area (Å²) in [5, 5.41) is 0.851. The average Bonchev–Trinajstić information content (AvgIpc) is 2.98. The van der Waals surface area contributed by atoms with Gasteiger partial charge in [-0.2, -0.15) is 0 Å². The van der Waals surface area contributed by atoms with Crippen molar-refractivity contribution in [1.82, 2.24) is 0 Å². The molecule has 5 heteroatoms. The van der Waals surface area contributed by atoms with Crippen LogP contribution in [0.15, 0.2) is 52.9 Å². The molecule has 0 N–H and O–H groups in total. The highest BCUT2D eigenvalue weighted by atomic mass is 16.6. The summed E-state index contributed by atoms with van der Waals surface area (Å²) in [4.78, 5) is 24.8. The van der Waals surface area contributed by atoms with Gasteiger partial charge in [0.05, 0.1) is 7.11 Å². The highest BCUT2D eigenvalue weighted by molar-refractivity contribution is 6.02. The Bertz CT molecular complexity index is 921. The molecule has 2 aromatic carbocycles. The van der Waals surface area contributed by atoms with Crippen LogP contribution in [0.2, 0.25) is 0 Å². The number of hydrogen-bond donors (Lipinski definition) is 0. The summed E-state index contributed by atoms with van der Waals surface area (Å²) in [5.41, 5.74) is 1.76. The van der Waals surface area contributed by atoms with Gasteiger partial charge in [0.15, 0.2) is 6.10 Å². The lowest BCUT2D eigenvalue weighted by molar-refractivity contribution is 0.0290. The molecule has 0 unspecified atom stereocenters. The Labute approximate surface area is 145 Å². The van der Waals surface area contributed by atoms with Crippen LogP contribution < -0.4 is 4.74 Å². The topological polar surface area (TPSA) is 65.7 Å². The minimum absolute atomic E-state index is 0.121. The number of carbonyl (C=O) groups excluding carboxylic acids is 2. The van der Waals surface area contributed by atoms with E-state index in [2.05, 4.69) is 0 Å². The minimum atomic E-state index is -0.923. The number of ketones is 1.